The van der Waals surface area contributed by atoms with E-state index in [1.165, 1.54) is 9.75 Å². The molecule has 1 atom stereocenters. The molecule has 2 aromatic heterocycles. The Morgan fingerprint density at radius 3 is 3.12 bits per heavy atom. The lowest BCUT2D eigenvalue weighted by molar-refractivity contribution is 0.191. The first-order valence-corrected chi connectivity index (χ1v) is 6.82. The zero-order chi connectivity index (χ0) is 11.4. The fraction of sp³-hybridized carbons (Fsp3) is 0.364. The van der Waals surface area contributed by atoms with E-state index in [1.807, 2.05) is 12.3 Å². The highest BCUT2D eigenvalue weighted by Gasteiger charge is 2.05. The lowest BCUT2D eigenvalue weighted by Gasteiger charge is -2.04. The van der Waals surface area contributed by atoms with Gasteiger partial charge in [-0.1, -0.05) is 6.07 Å². The molecule has 2 N–H and O–H groups in total. The molecular weight excluding hydrogens is 240 g/mol. The Balaban J connectivity index is 1.93. The van der Waals surface area contributed by atoms with E-state index in [2.05, 4.69) is 21.7 Å². The zero-order valence-electron chi connectivity index (χ0n) is 9.01. The van der Waals surface area contributed by atoms with Gasteiger partial charge in [0.2, 0.25) is 0 Å². The molecule has 0 saturated carbocycles. The summed E-state index contributed by atoms with van der Waals surface area (Å²) in [7, 11) is 0. The molecule has 0 fully saturated rings. The van der Waals surface area contributed by atoms with Gasteiger partial charge in [0, 0.05) is 24.2 Å². The van der Waals surface area contributed by atoms with E-state index in [0.29, 0.717) is 6.54 Å². The number of nitrogens with zero attached hydrogens (tertiary/aromatic N) is 1. The molecule has 0 bridgehead atoms. The van der Waals surface area contributed by atoms with E-state index in [0.717, 1.165) is 11.6 Å². The third-order valence-corrected chi connectivity index (χ3v) is 4.06. The number of nitrogens with one attached hydrogen (secondary N) is 1. The van der Waals surface area contributed by atoms with E-state index in [-0.39, 0.29) is 6.10 Å². The maximum Gasteiger partial charge on any atom is 0.133 e. The Morgan fingerprint density at radius 2 is 2.44 bits per heavy atom. The van der Waals surface area contributed by atoms with Crippen LogP contribution in [0.4, 0.5) is 0 Å². The number of aliphatic hydroxyl groups is 1. The minimum atomic E-state index is -0.301. The zero-order valence-corrected chi connectivity index (χ0v) is 10.6. The van der Waals surface area contributed by atoms with Gasteiger partial charge in [0.15, 0.2) is 0 Å². The first-order valence-electron chi connectivity index (χ1n) is 5.13. The third kappa shape index (κ3) is 3.12. The van der Waals surface area contributed by atoms with Crippen LogP contribution in [-0.4, -0.2) is 22.7 Å². The van der Waals surface area contributed by atoms with Gasteiger partial charge in [0.25, 0.3) is 0 Å². The van der Waals surface area contributed by atoms with Crippen molar-refractivity contribution in [2.75, 3.05) is 6.54 Å². The number of rotatable bonds is 5. The average Bonchev–Trinajstić information content (AvgIpc) is 2.85. The smallest absolute Gasteiger partial charge is 0.133 e. The van der Waals surface area contributed by atoms with Crippen LogP contribution < -0.4 is 5.32 Å². The van der Waals surface area contributed by atoms with Gasteiger partial charge in [-0.05, 0) is 18.4 Å². The average molecular weight is 254 g/mol. The quantitative estimate of drug-likeness (QED) is 0.861. The second kappa shape index (κ2) is 5.54. The van der Waals surface area contributed by atoms with Crippen molar-refractivity contribution < 1.29 is 5.11 Å². The molecule has 1 unspecified atom stereocenters. The van der Waals surface area contributed by atoms with Crippen molar-refractivity contribution in [3.63, 3.8) is 0 Å². The highest BCUT2D eigenvalue weighted by atomic mass is 32.1. The molecule has 5 heteroatoms. The first-order chi connectivity index (χ1) is 7.75. The van der Waals surface area contributed by atoms with Gasteiger partial charge in [0.05, 0.1) is 11.0 Å². The minimum absolute atomic E-state index is 0.301. The third-order valence-electron chi connectivity index (χ3n) is 2.02. The summed E-state index contributed by atoms with van der Waals surface area (Å²) in [5.74, 6) is 0. The van der Waals surface area contributed by atoms with Crippen LogP contribution in [0.3, 0.4) is 0 Å². The van der Waals surface area contributed by atoms with Crippen LogP contribution in [0.2, 0.25) is 0 Å². The van der Waals surface area contributed by atoms with Crippen LogP contribution in [0, 0.1) is 0 Å². The fourth-order valence-electron chi connectivity index (χ4n) is 1.31. The Labute approximate surface area is 103 Å². The molecule has 0 aromatic carbocycles. The van der Waals surface area contributed by atoms with Crippen LogP contribution >= 0.6 is 22.7 Å². The SMILES string of the molecule is CC(O)CNCc1cnc(-c2cccs2)s1. The number of hydrogen-bond donors (Lipinski definition) is 2. The molecule has 0 aliphatic heterocycles. The number of thiazole rings is 1. The summed E-state index contributed by atoms with van der Waals surface area (Å²) in [6.07, 6.45) is 1.60. The second-order valence-corrected chi connectivity index (χ2v) is 5.65. The van der Waals surface area contributed by atoms with Crippen molar-refractivity contribution in [3.05, 3.63) is 28.6 Å². The molecule has 2 aromatic rings. The molecular formula is C11H14N2OS2. The summed E-state index contributed by atoms with van der Waals surface area (Å²) in [6.45, 7) is 3.16. The molecule has 0 spiro atoms. The maximum atomic E-state index is 9.11. The van der Waals surface area contributed by atoms with Crippen LogP contribution in [-0.2, 0) is 6.54 Å². The van der Waals surface area contributed by atoms with Crippen molar-refractivity contribution in [3.8, 4) is 9.88 Å². The Morgan fingerprint density at radius 1 is 1.56 bits per heavy atom. The largest absolute Gasteiger partial charge is 0.392 e. The van der Waals surface area contributed by atoms with Crippen LogP contribution in [0.25, 0.3) is 9.88 Å². The monoisotopic (exact) mass is 254 g/mol. The summed E-state index contributed by atoms with van der Waals surface area (Å²) >= 11 is 3.40. The van der Waals surface area contributed by atoms with Crippen LogP contribution in [0.15, 0.2) is 23.7 Å². The van der Waals surface area contributed by atoms with E-state index in [1.54, 1.807) is 29.6 Å². The van der Waals surface area contributed by atoms with E-state index in [9.17, 15) is 0 Å². The van der Waals surface area contributed by atoms with Gasteiger partial charge in [-0.25, -0.2) is 4.98 Å². The summed E-state index contributed by atoms with van der Waals surface area (Å²) < 4.78 is 0. The van der Waals surface area contributed by atoms with Crippen LogP contribution in [0.5, 0.6) is 0 Å². The Bertz CT molecular complexity index is 423. The van der Waals surface area contributed by atoms with Crippen molar-refractivity contribution in [2.24, 2.45) is 0 Å². The lowest BCUT2D eigenvalue weighted by atomic mass is 10.4. The van der Waals surface area contributed by atoms with Crippen molar-refractivity contribution in [1.29, 1.82) is 0 Å². The molecule has 0 aliphatic rings. The molecule has 0 amide bonds. The number of thiophene rings is 1. The predicted octanol–water partition coefficient (Wildman–Crippen LogP) is 2.34. The lowest BCUT2D eigenvalue weighted by Crippen LogP contribution is -2.23. The molecule has 16 heavy (non-hydrogen) atoms. The van der Waals surface area contributed by atoms with Crippen molar-refractivity contribution >= 4 is 22.7 Å². The normalized spacial score (nSPS) is 12.9. The highest BCUT2D eigenvalue weighted by Crippen LogP contribution is 2.28. The molecule has 3 nitrogen and oxygen atoms in total. The first kappa shape index (κ1) is 11.7. The van der Waals surface area contributed by atoms with Gasteiger partial charge >= 0.3 is 0 Å². The Kier molecular flexibility index (Phi) is 4.06. The number of hydrogen-bond acceptors (Lipinski definition) is 5. The fourth-order valence-corrected chi connectivity index (χ4v) is 2.99. The molecule has 2 heterocycles. The topological polar surface area (TPSA) is 45.1 Å². The highest BCUT2D eigenvalue weighted by molar-refractivity contribution is 7.20. The van der Waals surface area contributed by atoms with Crippen molar-refractivity contribution in [1.82, 2.24) is 10.3 Å². The van der Waals surface area contributed by atoms with Gasteiger partial charge in [-0.2, -0.15) is 0 Å². The second-order valence-electron chi connectivity index (χ2n) is 3.59. The molecule has 0 aliphatic carbocycles. The summed E-state index contributed by atoms with van der Waals surface area (Å²) in [4.78, 5) is 6.80. The number of aliphatic hydroxyl groups excluding tert-OH is 1. The van der Waals surface area contributed by atoms with Gasteiger partial charge in [-0.3, -0.25) is 0 Å². The molecule has 0 radical (unpaired) electrons. The van der Waals surface area contributed by atoms with Crippen molar-refractivity contribution in [2.45, 2.75) is 19.6 Å². The van der Waals surface area contributed by atoms with Gasteiger partial charge in [-0.15, -0.1) is 22.7 Å². The maximum absolute atomic E-state index is 9.11. The van der Waals surface area contributed by atoms with E-state index in [4.69, 9.17) is 5.11 Å². The predicted molar refractivity (Wildman–Crippen MR) is 68.8 cm³/mol. The van der Waals surface area contributed by atoms with E-state index >= 15 is 0 Å². The van der Waals surface area contributed by atoms with Crippen LogP contribution in [0.1, 0.15) is 11.8 Å². The van der Waals surface area contributed by atoms with Gasteiger partial charge in [0.1, 0.15) is 5.01 Å². The summed E-state index contributed by atoms with van der Waals surface area (Å²) in [5, 5.41) is 15.4. The van der Waals surface area contributed by atoms with Gasteiger partial charge < -0.3 is 10.4 Å². The summed E-state index contributed by atoms with van der Waals surface area (Å²) in [5.41, 5.74) is 0. The summed E-state index contributed by atoms with van der Waals surface area (Å²) in [6, 6.07) is 4.11. The molecule has 86 valence electrons. The molecule has 0 saturated heterocycles. The minimum Gasteiger partial charge on any atom is -0.392 e. The van der Waals surface area contributed by atoms with E-state index < -0.39 is 0 Å². The molecule has 2 rings (SSSR count). The number of aromatic nitrogens is 1. The standard InChI is InChI=1S/C11H14N2OS2/c1-8(14)5-12-6-9-7-13-11(16-9)10-3-2-4-15-10/h2-4,7-8,12,14H,5-6H2,1H3. The Hall–Kier alpha value is -0.750.